The number of piperidine rings is 1. The van der Waals surface area contributed by atoms with E-state index in [1.54, 1.807) is 40.6 Å². The molecule has 3 rings (SSSR count). The van der Waals surface area contributed by atoms with Crippen molar-refractivity contribution in [2.75, 3.05) is 44.9 Å². The van der Waals surface area contributed by atoms with Gasteiger partial charge in [0.05, 0.1) is 30.5 Å². The highest BCUT2D eigenvalue weighted by Gasteiger charge is 2.52. The number of benzene rings is 1. The van der Waals surface area contributed by atoms with Gasteiger partial charge in [0.1, 0.15) is 12.3 Å². The summed E-state index contributed by atoms with van der Waals surface area (Å²) in [6.45, 7) is 5.29. The third-order valence-corrected chi connectivity index (χ3v) is 6.67. The number of nitrogens with zero attached hydrogens (tertiary/aromatic N) is 2. The average molecular weight is 464 g/mol. The van der Waals surface area contributed by atoms with E-state index in [4.69, 9.17) is 9.47 Å². The third-order valence-electron chi connectivity index (χ3n) is 6.02. The molecule has 9 heteroatoms. The second-order valence-corrected chi connectivity index (χ2v) is 8.95. The van der Waals surface area contributed by atoms with Crippen molar-refractivity contribution in [1.29, 1.82) is 0 Å². The molecule has 1 atom stereocenters. The summed E-state index contributed by atoms with van der Waals surface area (Å²) in [7, 11) is 0. The molecule has 2 amide bonds. The van der Waals surface area contributed by atoms with Crippen LogP contribution >= 0.6 is 11.8 Å². The Labute approximate surface area is 194 Å². The lowest BCUT2D eigenvalue weighted by atomic mass is 9.95. The van der Waals surface area contributed by atoms with Gasteiger partial charge >= 0.3 is 5.97 Å². The lowest BCUT2D eigenvalue weighted by molar-refractivity contribution is -0.151. The van der Waals surface area contributed by atoms with E-state index in [1.807, 2.05) is 25.3 Å². The Bertz CT molecular complexity index is 826. The highest BCUT2D eigenvalue weighted by atomic mass is 32.2. The second kappa shape index (κ2) is 11.0. The van der Waals surface area contributed by atoms with Crippen LogP contribution in [0.15, 0.2) is 24.3 Å². The fourth-order valence-corrected chi connectivity index (χ4v) is 4.92. The number of hydrogen-bond donors (Lipinski definition) is 1. The molecule has 2 saturated heterocycles. The summed E-state index contributed by atoms with van der Waals surface area (Å²) in [5, 5.41) is 3.51. The zero-order valence-corrected chi connectivity index (χ0v) is 19.9. The van der Waals surface area contributed by atoms with Crippen LogP contribution in [0.2, 0.25) is 0 Å². The zero-order chi connectivity index (χ0) is 23.1. The summed E-state index contributed by atoms with van der Waals surface area (Å²) in [6, 6.07) is 6.94. The maximum atomic E-state index is 13.2. The normalized spacial score (nSPS) is 20.0. The Kier molecular flexibility index (Phi) is 8.42. The molecule has 1 spiro atoms. The maximum Gasteiger partial charge on any atom is 0.325 e. The molecule has 1 aromatic carbocycles. The van der Waals surface area contributed by atoms with Crippen LogP contribution in [0.4, 0.5) is 0 Å². The van der Waals surface area contributed by atoms with Crippen LogP contribution in [-0.4, -0.2) is 84.1 Å². The number of carbonyl (C=O) groups is 3. The first-order valence-corrected chi connectivity index (χ1v) is 12.6. The van der Waals surface area contributed by atoms with Gasteiger partial charge < -0.3 is 19.3 Å². The number of ether oxygens (including phenoxy) is 2. The highest BCUT2D eigenvalue weighted by Crippen LogP contribution is 2.34. The molecule has 1 aromatic rings. The van der Waals surface area contributed by atoms with Crippen LogP contribution in [0, 0.1) is 0 Å². The lowest BCUT2D eigenvalue weighted by Crippen LogP contribution is -2.60. The molecular formula is C23H33N3O5S. The standard InChI is InChI=1S/C23H33N3O5S/c1-4-30-19-9-7-6-8-17(19)21(28)25-13-11-23(12-14-25)24-18(10-15-32-3)22(29)26(23)16-20(27)31-5-2/h6-9,18,24H,4-5,10-16H2,1-3H3. The van der Waals surface area contributed by atoms with E-state index in [0.29, 0.717) is 50.3 Å². The average Bonchev–Trinajstić information content (AvgIpc) is 3.04. The molecule has 8 nitrogen and oxygen atoms in total. The van der Waals surface area contributed by atoms with Crippen molar-refractivity contribution in [3.63, 3.8) is 0 Å². The minimum Gasteiger partial charge on any atom is -0.493 e. The Morgan fingerprint density at radius 3 is 2.56 bits per heavy atom. The van der Waals surface area contributed by atoms with Gasteiger partial charge in [-0.2, -0.15) is 11.8 Å². The van der Waals surface area contributed by atoms with Crippen molar-refractivity contribution in [2.24, 2.45) is 0 Å². The molecule has 2 fully saturated rings. The number of rotatable bonds is 9. The monoisotopic (exact) mass is 463 g/mol. The number of hydrogen-bond acceptors (Lipinski definition) is 7. The van der Waals surface area contributed by atoms with E-state index >= 15 is 0 Å². The van der Waals surface area contributed by atoms with Crippen LogP contribution < -0.4 is 10.1 Å². The quantitative estimate of drug-likeness (QED) is 0.561. The van der Waals surface area contributed by atoms with Gasteiger partial charge in [-0.25, -0.2) is 0 Å². The van der Waals surface area contributed by atoms with E-state index in [1.165, 1.54) is 0 Å². The predicted molar refractivity (Wildman–Crippen MR) is 124 cm³/mol. The summed E-state index contributed by atoms with van der Waals surface area (Å²) in [5.74, 6) is 0.885. The van der Waals surface area contributed by atoms with Crippen molar-refractivity contribution in [3.05, 3.63) is 29.8 Å². The first-order valence-electron chi connectivity index (χ1n) is 11.2. The van der Waals surface area contributed by atoms with Crippen molar-refractivity contribution in [3.8, 4) is 5.75 Å². The van der Waals surface area contributed by atoms with Gasteiger partial charge in [0.2, 0.25) is 5.91 Å². The smallest absolute Gasteiger partial charge is 0.325 e. The van der Waals surface area contributed by atoms with Crippen molar-refractivity contribution in [2.45, 2.75) is 44.8 Å². The Morgan fingerprint density at radius 1 is 1.19 bits per heavy atom. The first-order chi connectivity index (χ1) is 15.5. The minimum absolute atomic E-state index is 0.0615. The lowest BCUT2D eigenvalue weighted by Gasteiger charge is -2.44. The van der Waals surface area contributed by atoms with E-state index in [9.17, 15) is 14.4 Å². The molecule has 0 aromatic heterocycles. The SMILES string of the molecule is CCOC(=O)CN1C(=O)C(CCSC)NC12CCN(C(=O)c1ccccc1OCC)CC2. The molecule has 2 heterocycles. The molecule has 32 heavy (non-hydrogen) atoms. The van der Waals surface area contributed by atoms with Crippen molar-refractivity contribution in [1.82, 2.24) is 15.1 Å². The number of carbonyl (C=O) groups excluding carboxylic acids is 3. The van der Waals surface area contributed by atoms with E-state index in [0.717, 1.165) is 5.75 Å². The molecule has 0 saturated carbocycles. The Hall–Kier alpha value is -2.26. The van der Waals surface area contributed by atoms with Crippen molar-refractivity contribution >= 4 is 29.5 Å². The summed E-state index contributed by atoms with van der Waals surface area (Å²) >= 11 is 1.69. The molecule has 2 aliphatic heterocycles. The van der Waals surface area contributed by atoms with Gasteiger partial charge in [-0.1, -0.05) is 12.1 Å². The number of nitrogens with one attached hydrogen (secondary N) is 1. The van der Waals surface area contributed by atoms with Crippen LogP contribution in [0.5, 0.6) is 5.75 Å². The number of amides is 2. The Balaban J connectivity index is 1.74. The van der Waals surface area contributed by atoms with Crippen LogP contribution in [0.3, 0.4) is 0 Å². The minimum atomic E-state index is -0.636. The summed E-state index contributed by atoms with van der Waals surface area (Å²) in [6.07, 6.45) is 3.81. The summed E-state index contributed by atoms with van der Waals surface area (Å²) in [4.78, 5) is 42.0. The number of thioether (sulfide) groups is 1. The third kappa shape index (κ3) is 5.20. The van der Waals surface area contributed by atoms with Gasteiger partial charge in [0.25, 0.3) is 5.91 Å². The second-order valence-electron chi connectivity index (χ2n) is 7.96. The van der Waals surface area contributed by atoms with Gasteiger partial charge in [0.15, 0.2) is 0 Å². The number of esters is 1. The zero-order valence-electron chi connectivity index (χ0n) is 19.1. The first kappa shape index (κ1) is 24.4. The van der Waals surface area contributed by atoms with Crippen molar-refractivity contribution < 1.29 is 23.9 Å². The highest BCUT2D eigenvalue weighted by molar-refractivity contribution is 7.98. The largest absolute Gasteiger partial charge is 0.493 e. The predicted octanol–water partition coefficient (Wildman–Crippen LogP) is 2.13. The van der Waals surface area contributed by atoms with Gasteiger partial charge in [-0.05, 0) is 44.4 Å². The van der Waals surface area contributed by atoms with Crippen LogP contribution in [0.25, 0.3) is 0 Å². The summed E-state index contributed by atoms with van der Waals surface area (Å²) in [5.41, 5.74) is -0.0923. The molecule has 0 bridgehead atoms. The summed E-state index contributed by atoms with van der Waals surface area (Å²) < 4.78 is 10.7. The van der Waals surface area contributed by atoms with E-state index < -0.39 is 11.6 Å². The number of para-hydroxylation sites is 1. The van der Waals surface area contributed by atoms with Crippen LogP contribution in [0.1, 0.15) is 43.5 Å². The fraction of sp³-hybridized carbons (Fsp3) is 0.609. The van der Waals surface area contributed by atoms with Gasteiger partial charge in [0, 0.05) is 25.9 Å². The molecule has 1 unspecified atom stereocenters. The molecule has 176 valence electrons. The van der Waals surface area contributed by atoms with E-state index in [2.05, 4.69) is 5.32 Å². The topological polar surface area (TPSA) is 88.2 Å². The van der Waals surface area contributed by atoms with E-state index in [-0.39, 0.29) is 31.0 Å². The molecular weight excluding hydrogens is 430 g/mol. The maximum absolute atomic E-state index is 13.2. The fourth-order valence-electron chi connectivity index (χ4n) is 4.45. The molecule has 0 radical (unpaired) electrons. The molecule has 0 aliphatic carbocycles. The Morgan fingerprint density at radius 2 is 1.91 bits per heavy atom. The number of likely N-dealkylation sites (tertiary alicyclic amines) is 1. The van der Waals surface area contributed by atoms with Gasteiger partial charge in [-0.3, -0.25) is 19.7 Å². The molecule has 1 N–H and O–H groups in total. The molecule has 2 aliphatic rings. The van der Waals surface area contributed by atoms with Crippen LogP contribution in [-0.2, 0) is 14.3 Å². The van der Waals surface area contributed by atoms with Gasteiger partial charge in [-0.15, -0.1) is 0 Å².